The second kappa shape index (κ2) is 6.04. The first-order valence-corrected chi connectivity index (χ1v) is 8.06. The average molecular weight is 325 g/mol. The van der Waals surface area contributed by atoms with Crippen molar-refractivity contribution in [3.05, 3.63) is 42.1 Å². The zero-order valence-electron chi connectivity index (χ0n) is 13.4. The van der Waals surface area contributed by atoms with E-state index in [1.165, 1.54) is 0 Å². The molecule has 24 heavy (non-hydrogen) atoms. The lowest BCUT2D eigenvalue weighted by Crippen LogP contribution is -2.29. The molecule has 1 aliphatic heterocycles. The number of aromatic nitrogens is 5. The van der Waals surface area contributed by atoms with Crippen LogP contribution < -0.4 is 10.6 Å². The van der Waals surface area contributed by atoms with Gasteiger partial charge in [0.15, 0.2) is 5.65 Å². The first kappa shape index (κ1) is 14.8. The summed E-state index contributed by atoms with van der Waals surface area (Å²) >= 11 is 0. The van der Waals surface area contributed by atoms with Crippen LogP contribution in [-0.2, 0) is 7.05 Å². The molecule has 124 valence electrons. The van der Waals surface area contributed by atoms with E-state index in [2.05, 4.69) is 25.9 Å². The first-order valence-electron chi connectivity index (χ1n) is 8.06. The predicted octanol–water partition coefficient (Wildman–Crippen LogP) is 1.18. The van der Waals surface area contributed by atoms with Crippen molar-refractivity contribution in [1.82, 2.24) is 29.7 Å². The summed E-state index contributed by atoms with van der Waals surface area (Å²) in [5.41, 5.74) is 2.94. The van der Waals surface area contributed by atoms with Gasteiger partial charge >= 0.3 is 0 Å². The third-order valence-electron chi connectivity index (χ3n) is 4.33. The summed E-state index contributed by atoms with van der Waals surface area (Å²) in [5.74, 6) is 0.136. The van der Waals surface area contributed by atoms with E-state index in [1.54, 1.807) is 27.8 Å². The topological polar surface area (TPSA) is 89.1 Å². The molecule has 0 aliphatic carbocycles. The molecule has 1 atom stereocenters. The number of anilines is 1. The SMILES string of the molecule is Cn1cc(C(=O)Nc2ccc3nncn3c2)c(C2CCCNC2)n1. The molecule has 8 nitrogen and oxygen atoms in total. The van der Waals surface area contributed by atoms with E-state index in [-0.39, 0.29) is 11.8 Å². The number of nitrogens with zero attached hydrogens (tertiary/aromatic N) is 5. The number of carbonyl (C=O) groups is 1. The molecule has 1 saturated heterocycles. The molecule has 8 heteroatoms. The molecule has 1 amide bonds. The molecule has 0 saturated carbocycles. The van der Waals surface area contributed by atoms with Crippen LogP contribution in [0.5, 0.6) is 0 Å². The second-order valence-electron chi connectivity index (χ2n) is 6.11. The Kier molecular flexibility index (Phi) is 3.73. The fraction of sp³-hybridized carbons (Fsp3) is 0.375. The van der Waals surface area contributed by atoms with Crippen molar-refractivity contribution in [2.24, 2.45) is 7.05 Å². The molecule has 1 fully saturated rings. The van der Waals surface area contributed by atoms with Crippen LogP contribution in [0.15, 0.2) is 30.9 Å². The van der Waals surface area contributed by atoms with Crippen molar-refractivity contribution in [2.45, 2.75) is 18.8 Å². The largest absolute Gasteiger partial charge is 0.321 e. The van der Waals surface area contributed by atoms with E-state index in [9.17, 15) is 4.79 Å². The quantitative estimate of drug-likeness (QED) is 0.755. The number of amides is 1. The predicted molar refractivity (Wildman–Crippen MR) is 89.0 cm³/mol. The number of piperidine rings is 1. The Morgan fingerprint density at radius 2 is 2.29 bits per heavy atom. The standard InChI is InChI=1S/C16H19N7O/c1-22-9-13(15(21-22)11-3-2-6-17-7-11)16(24)19-12-4-5-14-20-18-10-23(14)8-12/h4-5,8-11,17H,2-3,6-7H2,1H3,(H,19,24). The Balaban J connectivity index is 1.59. The lowest BCUT2D eigenvalue weighted by atomic mass is 9.93. The van der Waals surface area contributed by atoms with Crippen LogP contribution in [0.2, 0.25) is 0 Å². The molecule has 4 rings (SSSR count). The van der Waals surface area contributed by atoms with Gasteiger partial charge < -0.3 is 10.6 Å². The number of nitrogens with one attached hydrogen (secondary N) is 2. The molecular formula is C16H19N7O. The highest BCUT2D eigenvalue weighted by Gasteiger charge is 2.24. The van der Waals surface area contributed by atoms with Crippen molar-refractivity contribution in [1.29, 1.82) is 0 Å². The zero-order chi connectivity index (χ0) is 16.5. The summed E-state index contributed by atoms with van der Waals surface area (Å²) in [4.78, 5) is 12.7. The van der Waals surface area contributed by atoms with Crippen LogP contribution in [-0.4, -0.2) is 43.4 Å². The van der Waals surface area contributed by atoms with Crippen LogP contribution in [0.25, 0.3) is 5.65 Å². The van der Waals surface area contributed by atoms with Crippen molar-refractivity contribution in [2.75, 3.05) is 18.4 Å². The van der Waals surface area contributed by atoms with Crippen molar-refractivity contribution in [3.8, 4) is 0 Å². The maximum Gasteiger partial charge on any atom is 0.259 e. The first-order chi connectivity index (χ1) is 11.7. The zero-order valence-corrected chi connectivity index (χ0v) is 13.4. The molecule has 3 aromatic heterocycles. The summed E-state index contributed by atoms with van der Waals surface area (Å²) in [6.07, 6.45) is 7.35. The highest BCUT2D eigenvalue weighted by molar-refractivity contribution is 6.05. The third kappa shape index (κ3) is 2.76. The maximum atomic E-state index is 12.7. The Bertz CT molecular complexity index is 876. The number of hydrogen-bond acceptors (Lipinski definition) is 5. The summed E-state index contributed by atoms with van der Waals surface area (Å²) in [5, 5.41) is 18.6. The van der Waals surface area contributed by atoms with Crippen LogP contribution in [0.4, 0.5) is 5.69 Å². The molecule has 1 unspecified atom stereocenters. The van der Waals surface area contributed by atoms with Gasteiger partial charge in [-0.3, -0.25) is 13.9 Å². The van der Waals surface area contributed by atoms with Gasteiger partial charge in [0.1, 0.15) is 6.33 Å². The Morgan fingerprint density at radius 3 is 3.12 bits per heavy atom. The molecule has 0 aromatic carbocycles. The molecule has 0 bridgehead atoms. The van der Waals surface area contributed by atoms with Crippen LogP contribution in [0.3, 0.4) is 0 Å². The fourth-order valence-corrected chi connectivity index (χ4v) is 3.17. The smallest absolute Gasteiger partial charge is 0.259 e. The van der Waals surface area contributed by atoms with E-state index < -0.39 is 0 Å². The van der Waals surface area contributed by atoms with Gasteiger partial charge in [0, 0.05) is 31.9 Å². The summed E-state index contributed by atoms with van der Waals surface area (Å²) in [6, 6.07) is 3.64. The number of fused-ring (bicyclic) bond motifs is 1. The van der Waals surface area contributed by atoms with Gasteiger partial charge in [-0.15, -0.1) is 10.2 Å². The molecule has 3 aromatic rings. The third-order valence-corrected chi connectivity index (χ3v) is 4.33. The van der Waals surface area contributed by atoms with Gasteiger partial charge in [0.2, 0.25) is 0 Å². The molecule has 0 spiro atoms. The highest BCUT2D eigenvalue weighted by Crippen LogP contribution is 2.25. The van der Waals surface area contributed by atoms with E-state index in [0.29, 0.717) is 11.3 Å². The fourth-order valence-electron chi connectivity index (χ4n) is 3.17. The molecule has 1 aliphatic rings. The highest BCUT2D eigenvalue weighted by atomic mass is 16.1. The van der Waals surface area contributed by atoms with Gasteiger partial charge in [0.05, 0.1) is 16.9 Å². The minimum absolute atomic E-state index is 0.143. The maximum absolute atomic E-state index is 12.7. The number of aryl methyl sites for hydroxylation is 1. The molecule has 4 heterocycles. The molecule has 2 N–H and O–H groups in total. The summed E-state index contributed by atoms with van der Waals surface area (Å²) in [6.45, 7) is 1.90. The van der Waals surface area contributed by atoms with Gasteiger partial charge in [-0.1, -0.05) is 0 Å². The summed E-state index contributed by atoms with van der Waals surface area (Å²) in [7, 11) is 1.85. The number of carbonyl (C=O) groups excluding carboxylic acids is 1. The van der Waals surface area contributed by atoms with Crippen LogP contribution in [0, 0.1) is 0 Å². The van der Waals surface area contributed by atoms with Crippen LogP contribution >= 0.6 is 0 Å². The Morgan fingerprint density at radius 1 is 1.38 bits per heavy atom. The van der Waals surface area contributed by atoms with Gasteiger partial charge in [0.25, 0.3) is 5.91 Å². The number of pyridine rings is 1. The van der Waals surface area contributed by atoms with E-state index in [1.807, 2.05) is 19.2 Å². The Hall–Kier alpha value is -2.74. The second-order valence-corrected chi connectivity index (χ2v) is 6.11. The lowest BCUT2D eigenvalue weighted by molar-refractivity contribution is 0.102. The van der Waals surface area contributed by atoms with Gasteiger partial charge in [-0.2, -0.15) is 5.10 Å². The van der Waals surface area contributed by atoms with Crippen molar-refractivity contribution in [3.63, 3.8) is 0 Å². The molecular weight excluding hydrogens is 306 g/mol. The van der Waals surface area contributed by atoms with E-state index in [4.69, 9.17) is 0 Å². The lowest BCUT2D eigenvalue weighted by Gasteiger charge is -2.21. The minimum atomic E-state index is -0.143. The van der Waals surface area contributed by atoms with E-state index >= 15 is 0 Å². The number of rotatable bonds is 3. The van der Waals surface area contributed by atoms with Crippen molar-refractivity contribution >= 4 is 17.2 Å². The average Bonchev–Trinajstić information content (AvgIpc) is 3.21. The monoisotopic (exact) mass is 325 g/mol. The summed E-state index contributed by atoms with van der Waals surface area (Å²) < 4.78 is 3.48. The minimum Gasteiger partial charge on any atom is -0.321 e. The van der Waals surface area contributed by atoms with Gasteiger partial charge in [-0.25, -0.2) is 0 Å². The van der Waals surface area contributed by atoms with E-state index in [0.717, 1.165) is 37.3 Å². The molecule has 0 radical (unpaired) electrons. The Labute approximate surface area is 138 Å². The van der Waals surface area contributed by atoms with Gasteiger partial charge in [-0.05, 0) is 31.5 Å². The van der Waals surface area contributed by atoms with Crippen LogP contribution in [0.1, 0.15) is 34.8 Å². The normalized spacial score (nSPS) is 18.0. The number of hydrogen-bond donors (Lipinski definition) is 2. The van der Waals surface area contributed by atoms with Crippen molar-refractivity contribution < 1.29 is 4.79 Å².